The zero-order chi connectivity index (χ0) is 21.0. The summed E-state index contributed by atoms with van der Waals surface area (Å²) in [6.45, 7) is 2.46. The van der Waals surface area contributed by atoms with Crippen LogP contribution in [0.25, 0.3) is 0 Å². The second kappa shape index (κ2) is 8.68. The van der Waals surface area contributed by atoms with Crippen LogP contribution in [0.1, 0.15) is 17.3 Å². The lowest BCUT2D eigenvalue weighted by Gasteiger charge is -2.16. The van der Waals surface area contributed by atoms with Crippen molar-refractivity contribution in [3.8, 4) is 23.0 Å². The van der Waals surface area contributed by atoms with Gasteiger partial charge in [-0.2, -0.15) is 0 Å². The normalized spacial score (nSPS) is 16.1. The molecule has 2 N–H and O–H groups in total. The average Bonchev–Trinajstić information content (AvgIpc) is 2.79. The topological polar surface area (TPSA) is 120 Å². The predicted molar refractivity (Wildman–Crippen MR) is 103 cm³/mol. The number of ether oxygens (including phenoxy) is 4. The van der Waals surface area contributed by atoms with Gasteiger partial charge in [0.25, 0.3) is 0 Å². The molecule has 1 aliphatic rings. The number of methoxy groups -OCH3 is 1. The number of aromatic carboxylic acids is 1. The highest BCUT2D eigenvalue weighted by Gasteiger charge is 2.23. The second-order valence-corrected chi connectivity index (χ2v) is 8.07. The van der Waals surface area contributed by atoms with Crippen molar-refractivity contribution in [2.45, 2.75) is 17.9 Å². The molecule has 1 aliphatic heterocycles. The Bertz CT molecular complexity index is 1010. The first kappa shape index (κ1) is 20.9. The van der Waals surface area contributed by atoms with E-state index in [2.05, 4.69) is 4.72 Å². The molecule has 2 aromatic rings. The molecule has 0 aliphatic carbocycles. The Morgan fingerprint density at radius 3 is 2.69 bits per heavy atom. The highest BCUT2D eigenvalue weighted by atomic mass is 32.2. The number of benzene rings is 2. The molecule has 0 saturated carbocycles. The van der Waals surface area contributed by atoms with E-state index in [1.54, 1.807) is 13.0 Å². The van der Waals surface area contributed by atoms with Gasteiger partial charge in [-0.05, 0) is 31.2 Å². The minimum Gasteiger partial charge on any atom is -0.491 e. The Hall–Kier alpha value is -2.82. The third-order valence-electron chi connectivity index (χ3n) is 3.96. The van der Waals surface area contributed by atoms with Crippen molar-refractivity contribution >= 4 is 16.0 Å². The molecule has 0 saturated heterocycles. The standard InChI is InChI=1S/C19H21NO8S/c1-12(11-25-2)27-15-7-13(19(21)22)8-16(9-15)28-14-3-4-18-17(10-14)26-6-5-20-29(18,23)24/h3-4,7-10,12,20H,5-6,11H2,1-2H3,(H,21,22)/t12-/m0/s1. The summed E-state index contributed by atoms with van der Waals surface area (Å²) in [7, 11) is -2.11. The maximum atomic E-state index is 12.2. The van der Waals surface area contributed by atoms with Crippen molar-refractivity contribution in [3.05, 3.63) is 42.0 Å². The molecule has 29 heavy (non-hydrogen) atoms. The van der Waals surface area contributed by atoms with Crippen molar-refractivity contribution in [1.82, 2.24) is 4.72 Å². The fraction of sp³-hybridized carbons (Fsp3) is 0.316. The third kappa shape index (κ3) is 5.17. The summed E-state index contributed by atoms with van der Waals surface area (Å²) < 4.78 is 48.7. The smallest absolute Gasteiger partial charge is 0.335 e. The van der Waals surface area contributed by atoms with Gasteiger partial charge in [0, 0.05) is 25.8 Å². The SMILES string of the molecule is COC[C@H](C)Oc1cc(Oc2ccc3c(c2)OCCNS3(=O)=O)cc(C(=O)O)c1. The first-order chi connectivity index (χ1) is 13.8. The zero-order valence-corrected chi connectivity index (χ0v) is 16.7. The monoisotopic (exact) mass is 423 g/mol. The third-order valence-corrected chi connectivity index (χ3v) is 5.46. The van der Waals surface area contributed by atoms with Crippen LogP contribution in [0, 0.1) is 0 Å². The van der Waals surface area contributed by atoms with E-state index in [4.69, 9.17) is 18.9 Å². The minimum atomic E-state index is -3.65. The van der Waals surface area contributed by atoms with Gasteiger partial charge in [-0.15, -0.1) is 0 Å². The van der Waals surface area contributed by atoms with Crippen LogP contribution in [-0.2, 0) is 14.8 Å². The first-order valence-electron chi connectivity index (χ1n) is 8.77. The van der Waals surface area contributed by atoms with Crippen molar-refractivity contribution < 1.29 is 37.3 Å². The molecular formula is C19H21NO8S. The van der Waals surface area contributed by atoms with Crippen LogP contribution in [0.3, 0.4) is 0 Å². The lowest BCUT2D eigenvalue weighted by molar-refractivity contribution is 0.0693. The molecule has 1 heterocycles. The molecule has 0 aromatic heterocycles. The number of nitrogens with one attached hydrogen (secondary N) is 1. The molecular weight excluding hydrogens is 402 g/mol. The Labute approximate surface area is 168 Å². The van der Waals surface area contributed by atoms with E-state index in [0.29, 0.717) is 18.1 Å². The maximum absolute atomic E-state index is 12.2. The number of rotatable bonds is 7. The van der Waals surface area contributed by atoms with Crippen molar-refractivity contribution in [2.75, 3.05) is 26.9 Å². The van der Waals surface area contributed by atoms with Gasteiger partial charge in [-0.1, -0.05) is 0 Å². The molecule has 3 rings (SSSR count). The molecule has 2 aromatic carbocycles. The quantitative estimate of drug-likeness (QED) is 0.696. The first-order valence-corrected chi connectivity index (χ1v) is 10.2. The van der Waals surface area contributed by atoms with E-state index in [9.17, 15) is 18.3 Å². The molecule has 1 atom stereocenters. The van der Waals surface area contributed by atoms with E-state index in [0.717, 1.165) is 0 Å². The van der Waals surface area contributed by atoms with Gasteiger partial charge < -0.3 is 24.1 Å². The minimum absolute atomic E-state index is 0.0130. The average molecular weight is 423 g/mol. The number of carbonyl (C=O) groups is 1. The molecule has 156 valence electrons. The summed E-state index contributed by atoms with van der Waals surface area (Å²) in [6, 6.07) is 8.57. The summed E-state index contributed by atoms with van der Waals surface area (Å²) in [5.41, 5.74) is -0.0140. The van der Waals surface area contributed by atoms with E-state index >= 15 is 0 Å². The van der Waals surface area contributed by atoms with Gasteiger partial charge in [0.15, 0.2) is 0 Å². The summed E-state index contributed by atoms with van der Waals surface area (Å²) >= 11 is 0. The maximum Gasteiger partial charge on any atom is 0.335 e. The van der Waals surface area contributed by atoms with Crippen molar-refractivity contribution in [1.29, 1.82) is 0 Å². The van der Waals surface area contributed by atoms with Crippen molar-refractivity contribution in [3.63, 3.8) is 0 Å². The Kier molecular flexibility index (Phi) is 6.26. The van der Waals surface area contributed by atoms with E-state index in [1.165, 1.54) is 37.4 Å². The Balaban J connectivity index is 1.90. The van der Waals surface area contributed by atoms with E-state index in [-0.39, 0.29) is 41.2 Å². The van der Waals surface area contributed by atoms with E-state index in [1.807, 2.05) is 0 Å². The van der Waals surface area contributed by atoms with Crippen LogP contribution in [0.4, 0.5) is 0 Å². The van der Waals surface area contributed by atoms with E-state index < -0.39 is 16.0 Å². The fourth-order valence-corrected chi connectivity index (χ4v) is 3.90. The van der Waals surface area contributed by atoms with Gasteiger partial charge in [0.05, 0.1) is 12.2 Å². The zero-order valence-electron chi connectivity index (χ0n) is 15.9. The van der Waals surface area contributed by atoms with Gasteiger partial charge in [-0.3, -0.25) is 0 Å². The summed E-state index contributed by atoms with van der Waals surface area (Å²) in [6.07, 6.45) is -0.296. The van der Waals surface area contributed by atoms with Gasteiger partial charge in [0.1, 0.15) is 40.6 Å². The number of hydrogen-bond donors (Lipinski definition) is 2. The van der Waals surface area contributed by atoms with Crippen LogP contribution in [0.2, 0.25) is 0 Å². The van der Waals surface area contributed by atoms with Crippen LogP contribution < -0.4 is 18.9 Å². The molecule has 0 amide bonds. The summed E-state index contributed by atoms with van der Waals surface area (Å²) in [5, 5.41) is 9.35. The Morgan fingerprint density at radius 2 is 1.97 bits per heavy atom. The van der Waals surface area contributed by atoms with Crippen molar-refractivity contribution in [2.24, 2.45) is 0 Å². The number of carboxylic acid groups (broad SMARTS) is 1. The van der Waals surface area contributed by atoms with Gasteiger partial charge in [0.2, 0.25) is 10.0 Å². The molecule has 0 fully saturated rings. The Morgan fingerprint density at radius 1 is 1.21 bits per heavy atom. The van der Waals surface area contributed by atoms with Gasteiger partial charge >= 0.3 is 5.97 Å². The highest BCUT2D eigenvalue weighted by molar-refractivity contribution is 7.89. The summed E-state index contributed by atoms with van der Waals surface area (Å²) in [5.74, 6) is -0.158. The molecule has 9 nitrogen and oxygen atoms in total. The molecule has 0 unspecified atom stereocenters. The lowest BCUT2D eigenvalue weighted by atomic mass is 10.2. The van der Waals surface area contributed by atoms with Gasteiger partial charge in [-0.25, -0.2) is 17.9 Å². The summed E-state index contributed by atoms with van der Waals surface area (Å²) in [4.78, 5) is 11.5. The molecule has 0 bridgehead atoms. The highest BCUT2D eigenvalue weighted by Crippen LogP contribution is 2.34. The molecule has 0 radical (unpaired) electrons. The second-order valence-electron chi connectivity index (χ2n) is 6.34. The number of sulfonamides is 1. The predicted octanol–water partition coefficient (Wildman–Crippen LogP) is 2.26. The van der Waals surface area contributed by atoms with Crippen LogP contribution in [0.5, 0.6) is 23.0 Å². The molecule has 0 spiro atoms. The largest absolute Gasteiger partial charge is 0.491 e. The number of hydrogen-bond acceptors (Lipinski definition) is 7. The fourth-order valence-electron chi connectivity index (χ4n) is 2.76. The molecule has 10 heteroatoms. The lowest BCUT2D eigenvalue weighted by Crippen LogP contribution is -2.24. The van der Waals surface area contributed by atoms with Crippen LogP contribution in [0.15, 0.2) is 41.3 Å². The number of carboxylic acids is 1. The number of fused-ring (bicyclic) bond motifs is 1. The van der Waals surface area contributed by atoms with Crippen LogP contribution in [-0.4, -0.2) is 52.5 Å². The van der Waals surface area contributed by atoms with Crippen LogP contribution >= 0.6 is 0 Å².